The molecule has 0 aliphatic rings. The summed E-state index contributed by atoms with van der Waals surface area (Å²) in [7, 11) is 0. The Balaban J connectivity index is 2.22. The van der Waals surface area contributed by atoms with Gasteiger partial charge in [-0.1, -0.05) is 26.2 Å². The minimum Gasteiger partial charge on any atom is -0.328 e. The molecule has 4 N–H and O–H groups in total. The third kappa shape index (κ3) is 6.28. The zero-order valence-corrected chi connectivity index (χ0v) is 10.5. The summed E-state index contributed by atoms with van der Waals surface area (Å²) in [5, 5.41) is 11.1. The summed E-state index contributed by atoms with van der Waals surface area (Å²) < 4.78 is 0. The van der Waals surface area contributed by atoms with Crippen molar-refractivity contribution in [1.82, 2.24) is 15.4 Å². The molecule has 0 spiro atoms. The van der Waals surface area contributed by atoms with Crippen LogP contribution in [-0.4, -0.2) is 27.5 Å². The largest absolute Gasteiger partial charge is 0.328 e. The van der Waals surface area contributed by atoms with Crippen molar-refractivity contribution in [2.45, 2.75) is 57.5 Å². The van der Waals surface area contributed by atoms with E-state index in [1.165, 1.54) is 19.3 Å². The Labute approximate surface area is 103 Å². The normalized spacial score (nSPS) is 14.5. The Morgan fingerprint density at radius 3 is 2.71 bits per heavy atom. The van der Waals surface area contributed by atoms with Crippen molar-refractivity contribution in [3.63, 3.8) is 0 Å². The zero-order valence-electron chi connectivity index (χ0n) is 10.5. The maximum absolute atomic E-state index is 6.04. The van der Waals surface area contributed by atoms with E-state index in [9.17, 15) is 0 Å². The van der Waals surface area contributed by atoms with E-state index in [0.717, 1.165) is 25.0 Å². The van der Waals surface area contributed by atoms with Gasteiger partial charge in [-0.05, 0) is 24.1 Å². The van der Waals surface area contributed by atoms with Crippen LogP contribution in [0.5, 0.6) is 0 Å². The Kier molecular flexibility index (Phi) is 6.65. The van der Waals surface area contributed by atoms with Crippen molar-refractivity contribution < 1.29 is 0 Å². The molecule has 0 aliphatic carbocycles. The van der Waals surface area contributed by atoms with Gasteiger partial charge in [0.1, 0.15) is 0 Å². The van der Waals surface area contributed by atoms with E-state index in [2.05, 4.69) is 22.3 Å². The molecule has 0 radical (unpaired) electrons. The fraction of sp³-hybridized carbons (Fsp3) is 0.750. The second kappa shape index (κ2) is 8.08. The molecule has 0 bridgehead atoms. The lowest BCUT2D eigenvalue weighted by Gasteiger charge is -2.16. The summed E-state index contributed by atoms with van der Waals surface area (Å²) in [6, 6.07) is 2.10. The van der Waals surface area contributed by atoms with Crippen LogP contribution in [0.1, 0.15) is 44.7 Å². The van der Waals surface area contributed by atoms with Crippen LogP contribution in [0, 0.1) is 0 Å². The molecule has 2 unspecified atom stereocenters. The first-order valence-electron chi connectivity index (χ1n) is 6.36. The molecule has 96 valence electrons. The Morgan fingerprint density at radius 2 is 2.06 bits per heavy atom. The van der Waals surface area contributed by atoms with Crippen LogP contribution in [0.25, 0.3) is 0 Å². The van der Waals surface area contributed by atoms with Gasteiger partial charge in [0.15, 0.2) is 0 Å². The monoisotopic (exact) mass is 237 g/mol. The molecule has 1 heterocycles. The Morgan fingerprint density at radius 1 is 1.24 bits per heavy atom. The van der Waals surface area contributed by atoms with Crippen LogP contribution in [0.15, 0.2) is 12.3 Å². The van der Waals surface area contributed by atoms with Crippen molar-refractivity contribution in [2.75, 3.05) is 0 Å². The van der Waals surface area contributed by atoms with E-state index >= 15 is 0 Å². The molecule has 1 aromatic heterocycles. The Bertz CT molecular complexity index is 290. The van der Waals surface area contributed by atoms with Gasteiger partial charge in [-0.3, -0.25) is 0 Å². The van der Waals surface area contributed by atoms with Crippen molar-refractivity contribution in [2.24, 2.45) is 11.5 Å². The molecular weight excluding hydrogens is 214 g/mol. The maximum atomic E-state index is 6.04. The number of rotatable bonds is 8. The van der Waals surface area contributed by atoms with E-state index in [4.69, 9.17) is 11.5 Å². The SMILES string of the molecule is CCCCCC(N)CC(N)Cc1ccnnn1. The number of unbranched alkanes of at least 4 members (excludes halogenated alkanes) is 2. The van der Waals surface area contributed by atoms with Gasteiger partial charge >= 0.3 is 0 Å². The van der Waals surface area contributed by atoms with Crippen molar-refractivity contribution in [1.29, 1.82) is 0 Å². The summed E-state index contributed by atoms with van der Waals surface area (Å²) >= 11 is 0. The summed E-state index contributed by atoms with van der Waals surface area (Å²) in [6.45, 7) is 2.19. The quantitative estimate of drug-likeness (QED) is 0.659. The molecule has 0 aromatic carbocycles. The molecule has 5 heteroatoms. The second-order valence-electron chi connectivity index (χ2n) is 4.57. The molecule has 0 amide bonds. The number of aromatic nitrogens is 3. The fourth-order valence-electron chi connectivity index (χ4n) is 1.89. The third-order valence-electron chi connectivity index (χ3n) is 2.81. The fourth-order valence-corrected chi connectivity index (χ4v) is 1.89. The van der Waals surface area contributed by atoms with Gasteiger partial charge in [0, 0.05) is 18.5 Å². The summed E-state index contributed by atoms with van der Waals surface area (Å²) in [5.41, 5.74) is 13.0. The number of nitrogens with zero attached hydrogens (tertiary/aromatic N) is 3. The average Bonchev–Trinajstić information content (AvgIpc) is 2.30. The van der Waals surface area contributed by atoms with E-state index in [1.54, 1.807) is 6.20 Å². The lowest BCUT2D eigenvalue weighted by Crippen LogP contribution is -2.33. The molecule has 0 aliphatic heterocycles. The van der Waals surface area contributed by atoms with Gasteiger partial charge in [-0.25, -0.2) is 0 Å². The first-order valence-corrected chi connectivity index (χ1v) is 6.36. The van der Waals surface area contributed by atoms with Crippen LogP contribution in [-0.2, 0) is 6.42 Å². The van der Waals surface area contributed by atoms with Crippen LogP contribution >= 0.6 is 0 Å². The van der Waals surface area contributed by atoms with E-state index in [-0.39, 0.29) is 12.1 Å². The highest BCUT2D eigenvalue weighted by molar-refractivity contribution is 4.98. The van der Waals surface area contributed by atoms with Crippen molar-refractivity contribution in [3.05, 3.63) is 18.0 Å². The standard InChI is InChI=1S/C12H23N5/c1-2-3-4-5-10(13)8-11(14)9-12-6-7-15-17-16-12/h6-7,10-11H,2-5,8-9,13-14H2,1H3. The summed E-state index contributed by atoms with van der Waals surface area (Å²) in [4.78, 5) is 0. The minimum atomic E-state index is 0.0586. The van der Waals surface area contributed by atoms with E-state index in [1.807, 2.05) is 6.07 Å². The Hall–Kier alpha value is -1.07. The molecule has 0 saturated heterocycles. The van der Waals surface area contributed by atoms with Gasteiger partial charge in [-0.15, -0.1) is 10.2 Å². The topological polar surface area (TPSA) is 90.7 Å². The highest BCUT2D eigenvalue weighted by Gasteiger charge is 2.10. The first-order chi connectivity index (χ1) is 8.22. The predicted octanol–water partition coefficient (Wildman–Crippen LogP) is 1.04. The molecule has 5 nitrogen and oxygen atoms in total. The van der Waals surface area contributed by atoms with Gasteiger partial charge in [0.25, 0.3) is 0 Å². The van der Waals surface area contributed by atoms with Crippen LogP contribution in [0.4, 0.5) is 0 Å². The smallest absolute Gasteiger partial charge is 0.0680 e. The number of nitrogens with two attached hydrogens (primary N) is 2. The van der Waals surface area contributed by atoms with Gasteiger partial charge in [-0.2, -0.15) is 0 Å². The van der Waals surface area contributed by atoms with E-state index < -0.39 is 0 Å². The van der Waals surface area contributed by atoms with Crippen LogP contribution in [0.2, 0.25) is 0 Å². The second-order valence-corrected chi connectivity index (χ2v) is 4.57. The average molecular weight is 237 g/mol. The summed E-state index contributed by atoms with van der Waals surface area (Å²) in [5.74, 6) is 0. The molecule has 1 aromatic rings. The molecule has 17 heavy (non-hydrogen) atoms. The van der Waals surface area contributed by atoms with Crippen LogP contribution in [0.3, 0.4) is 0 Å². The zero-order chi connectivity index (χ0) is 12.5. The predicted molar refractivity (Wildman–Crippen MR) is 68.2 cm³/mol. The molecule has 0 saturated carbocycles. The molecule has 2 atom stereocenters. The van der Waals surface area contributed by atoms with Crippen molar-refractivity contribution >= 4 is 0 Å². The lowest BCUT2D eigenvalue weighted by molar-refractivity contribution is 0.471. The van der Waals surface area contributed by atoms with Crippen LogP contribution < -0.4 is 11.5 Å². The van der Waals surface area contributed by atoms with Gasteiger partial charge < -0.3 is 11.5 Å². The highest BCUT2D eigenvalue weighted by atomic mass is 15.3. The molecule has 0 fully saturated rings. The first kappa shape index (κ1) is 14.0. The number of hydrogen-bond acceptors (Lipinski definition) is 5. The van der Waals surface area contributed by atoms with Gasteiger partial charge in [0.05, 0.1) is 11.9 Å². The lowest BCUT2D eigenvalue weighted by atomic mass is 9.99. The summed E-state index contributed by atoms with van der Waals surface area (Å²) in [6.07, 6.45) is 7.92. The molecular formula is C12H23N5. The third-order valence-corrected chi connectivity index (χ3v) is 2.81. The highest BCUT2D eigenvalue weighted by Crippen LogP contribution is 2.08. The maximum Gasteiger partial charge on any atom is 0.0680 e. The molecule has 1 rings (SSSR count). The minimum absolute atomic E-state index is 0.0586. The number of hydrogen-bond donors (Lipinski definition) is 2. The van der Waals surface area contributed by atoms with E-state index in [0.29, 0.717) is 0 Å². The van der Waals surface area contributed by atoms with Gasteiger partial charge in [0.2, 0.25) is 0 Å². The van der Waals surface area contributed by atoms with Crippen molar-refractivity contribution in [3.8, 4) is 0 Å².